The summed E-state index contributed by atoms with van der Waals surface area (Å²) in [5, 5.41) is 3.03. The van der Waals surface area contributed by atoms with Crippen LogP contribution in [0.4, 0.5) is 0 Å². The molecule has 418 valence electrons. The van der Waals surface area contributed by atoms with E-state index >= 15 is 0 Å². The quantitative estimate of drug-likeness (QED) is 0.0156. The van der Waals surface area contributed by atoms with Gasteiger partial charge in [-0.05, 0) is 96.0 Å². The molecule has 1 amide bonds. The van der Waals surface area contributed by atoms with E-state index in [2.05, 4.69) is 86.8 Å². The first-order chi connectivity index (χ1) is 34.9. The zero-order chi connectivity index (χ0) is 52.9. The predicted octanol–water partition coefficient (Wildman–Crippen LogP) is 18.1. The molecule has 0 fully saturated rings. The lowest BCUT2D eigenvalue weighted by Crippen LogP contribution is -2.47. The largest absolute Gasteiger partial charge is 0.472 e. The van der Waals surface area contributed by atoms with E-state index < -0.39 is 20.0 Å². The van der Waals surface area contributed by atoms with E-state index in [0.717, 1.165) is 89.9 Å². The molecule has 0 aromatic carbocycles. The summed E-state index contributed by atoms with van der Waals surface area (Å²) in [5.74, 6) is -0.551. The molecule has 0 saturated carbocycles. The van der Waals surface area contributed by atoms with Crippen molar-refractivity contribution in [1.82, 2.24) is 5.32 Å². The molecular formula is C62H114N2O7P+. The number of ether oxygens (including phenoxy) is 1. The molecule has 0 aromatic heterocycles. The van der Waals surface area contributed by atoms with Crippen molar-refractivity contribution < 1.29 is 37.3 Å². The Labute approximate surface area is 444 Å². The first kappa shape index (κ1) is 69.5. The number of phosphoric ester groups is 1. The molecule has 0 aromatic rings. The van der Waals surface area contributed by atoms with Gasteiger partial charge in [-0.3, -0.25) is 18.6 Å². The Balaban J connectivity index is 5.34. The number of carbonyl (C=O) groups is 2. The third-order valence-electron chi connectivity index (χ3n) is 12.9. The number of likely N-dealkylation sites (N-methyl/N-ethyl adjacent to an activating group) is 1. The molecule has 72 heavy (non-hydrogen) atoms. The van der Waals surface area contributed by atoms with Gasteiger partial charge < -0.3 is 19.4 Å². The average molecular weight is 1030 g/mol. The zero-order valence-corrected chi connectivity index (χ0v) is 48.6. The summed E-state index contributed by atoms with van der Waals surface area (Å²) in [6, 6.07) is -0.869. The Morgan fingerprint density at radius 3 is 1.39 bits per heavy atom. The second-order valence-corrected chi connectivity index (χ2v) is 22.6. The highest BCUT2D eigenvalue weighted by atomic mass is 31.2. The van der Waals surface area contributed by atoms with Crippen LogP contribution in [0.2, 0.25) is 0 Å². The van der Waals surface area contributed by atoms with Crippen molar-refractivity contribution in [3.05, 3.63) is 72.9 Å². The predicted molar refractivity (Wildman–Crippen MR) is 309 cm³/mol. The number of carbonyl (C=O) groups excluding carboxylic acids is 2. The molecule has 10 heteroatoms. The summed E-state index contributed by atoms with van der Waals surface area (Å²) in [6.45, 7) is 6.94. The van der Waals surface area contributed by atoms with Crippen molar-refractivity contribution in [2.45, 2.75) is 270 Å². The minimum atomic E-state index is -4.46. The summed E-state index contributed by atoms with van der Waals surface area (Å²) >= 11 is 0. The molecule has 9 nitrogen and oxygen atoms in total. The second-order valence-electron chi connectivity index (χ2n) is 21.2. The second kappa shape index (κ2) is 51.9. The normalized spacial score (nSPS) is 14.3. The van der Waals surface area contributed by atoms with Crippen LogP contribution in [0.3, 0.4) is 0 Å². The van der Waals surface area contributed by atoms with Crippen LogP contribution in [0.1, 0.15) is 258 Å². The fourth-order valence-electron chi connectivity index (χ4n) is 8.23. The van der Waals surface area contributed by atoms with Gasteiger partial charge in [-0.25, -0.2) is 4.57 Å². The van der Waals surface area contributed by atoms with Crippen molar-refractivity contribution in [2.75, 3.05) is 40.9 Å². The third kappa shape index (κ3) is 52.3. The summed E-state index contributed by atoms with van der Waals surface area (Å²) in [5.41, 5.74) is 0. The van der Waals surface area contributed by atoms with Crippen LogP contribution >= 0.6 is 7.82 Å². The lowest BCUT2D eigenvalue weighted by molar-refractivity contribution is -0.870. The highest BCUT2D eigenvalue weighted by Crippen LogP contribution is 2.43. The van der Waals surface area contributed by atoms with E-state index in [0.29, 0.717) is 23.9 Å². The molecular weight excluding hydrogens is 916 g/mol. The van der Waals surface area contributed by atoms with Crippen molar-refractivity contribution in [2.24, 2.45) is 0 Å². The van der Waals surface area contributed by atoms with E-state index in [4.69, 9.17) is 13.8 Å². The van der Waals surface area contributed by atoms with Gasteiger partial charge in [0.25, 0.3) is 0 Å². The van der Waals surface area contributed by atoms with Gasteiger partial charge in [0, 0.05) is 12.8 Å². The number of nitrogens with zero attached hydrogens (tertiary/aromatic N) is 1. The number of quaternary nitrogens is 1. The number of unbranched alkanes of at least 4 members (excludes halogenated alkanes) is 28. The standard InChI is InChI=1S/C62H113N2O7P/c1-7-10-13-16-19-22-25-27-29-31-32-33-35-37-40-43-46-49-52-55-62(66)71-60(53-50-47-44-41-38-24-21-18-15-12-9-3)59(58-70-72(67,68)69-57-56-64(4,5)6)63-61(65)54-51-48-45-42-39-36-34-30-28-26-23-20-17-14-11-8-2/h19,22,27,29-30,32-34,36,39,50,53,59-60H,7-18,20-21,23-26,28,31,35,37-38,40-49,51-52,54-58H2,1-6H3,(H-,63,65,67,68)/p+1/b22-19-,29-27-,33-32-,34-30+,39-36+,53-50+. The molecule has 2 N–H and O–H groups in total. The molecule has 0 saturated heterocycles. The number of rotatable bonds is 53. The van der Waals surface area contributed by atoms with Gasteiger partial charge >= 0.3 is 13.8 Å². The van der Waals surface area contributed by atoms with Crippen LogP contribution in [0.25, 0.3) is 0 Å². The van der Waals surface area contributed by atoms with Crippen molar-refractivity contribution in [1.29, 1.82) is 0 Å². The molecule has 0 rings (SSSR count). The van der Waals surface area contributed by atoms with Crippen molar-refractivity contribution >= 4 is 19.7 Å². The number of hydrogen-bond donors (Lipinski definition) is 2. The monoisotopic (exact) mass is 1030 g/mol. The number of amides is 1. The van der Waals surface area contributed by atoms with E-state index in [1.54, 1.807) is 0 Å². The first-order valence-electron chi connectivity index (χ1n) is 29.8. The Kier molecular flexibility index (Phi) is 50.1. The van der Waals surface area contributed by atoms with Crippen LogP contribution in [-0.4, -0.2) is 74.3 Å². The van der Waals surface area contributed by atoms with Crippen LogP contribution in [0.5, 0.6) is 0 Å². The van der Waals surface area contributed by atoms with Crippen molar-refractivity contribution in [3.8, 4) is 0 Å². The lowest BCUT2D eigenvalue weighted by Gasteiger charge is -2.27. The Hall–Kier alpha value is -2.55. The molecule has 0 aliphatic heterocycles. The number of allylic oxidation sites excluding steroid dienone is 11. The van der Waals surface area contributed by atoms with Gasteiger partial charge in [-0.15, -0.1) is 0 Å². The molecule has 0 aliphatic rings. The molecule has 0 radical (unpaired) electrons. The molecule has 0 bridgehead atoms. The van der Waals surface area contributed by atoms with Crippen LogP contribution in [0, 0.1) is 0 Å². The van der Waals surface area contributed by atoms with Gasteiger partial charge in [0.15, 0.2) is 0 Å². The Morgan fingerprint density at radius 2 is 0.889 bits per heavy atom. The third-order valence-corrected chi connectivity index (χ3v) is 13.9. The highest BCUT2D eigenvalue weighted by molar-refractivity contribution is 7.47. The fraction of sp³-hybridized carbons (Fsp3) is 0.774. The summed E-state index contributed by atoms with van der Waals surface area (Å²) in [4.78, 5) is 37.6. The maximum atomic E-state index is 13.5. The van der Waals surface area contributed by atoms with Crippen LogP contribution in [0.15, 0.2) is 72.9 Å². The molecule has 0 spiro atoms. The summed E-state index contributed by atoms with van der Waals surface area (Å²) in [7, 11) is 1.47. The minimum Gasteiger partial charge on any atom is -0.456 e. The highest BCUT2D eigenvalue weighted by Gasteiger charge is 2.30. The van der Waals surface area contributed by atoms with Gasteiger partial charge in [0.2, 0.25) is 5.91 Å². The lowest BCUT2D eigenvalue weighted by atomic mass is 10.1. The number of phosphoric acid groups is 1. The number of hydrogen-bond acceptors (Lipinski definition) is 6. The van der Waals surface area contributed by atoms with Crippen molar-refractivity contribution in [3.63, 3.8) is 0 Å². The number of esters is 1. The molecule has 0 heterocycles. The Morgan fingerprint density at radius 1 is 0.500 bits per heavy atom. The van der Waals surface area contributed by atoms with Crippen LogP contribution in [-0.2, 0) is 27.9 Å². The SMILES string of the molecule is CCCCC/C=C\C/C=C\C/C=C\CCCCCCCCC(=O)OC(/C=C/CCCCCCCCCCC)C(COP(=O)(O)OCC[N+](C)(C)C)NC(=O)CCCCC/C=C/C=C/CCCCCCCCC. The fourth-order valence-corrected chi connectivity index (χ4v) is 8.97. The van der Waals surface area contributed by atoms with E-state index in [1.165, 1.54) is 128 Å². The van der Waals surface area contributed by atoms with E-state index in [1.807, 2.05) is 33.3 Å². The molecule has 3 atom stereocenters. The smallest absolute Gasteiger partial charge is 0.456 e. The maximum absolute atomic E-state index is 13.5. The maximum Gasteiger partial charge on any atom is 0.472 e. The average Bonchev–Trinajstić information content (AvgIpc) is 3.34. The molecule has 3 unspecified atom stereocenters. The van der Waals surface area contributed by atoms with Gasteiger partial charge in [0.05, 0.1) is 33.8 Å². The van der Waals surface area contributed by atoms with E-state index in [-0.39, 0.29) is 31.5 Å². The Bertz CT molecular complexity index is 1460. The van der Waals surface area contributed by atoms with Crippen LogP contribution < -0.4 is 5.32 Å². The van der Waals surface area contributed by atoms with Gasteiger partial charge in [0.1, 0.15) is 19.3 Å². The topological polar surface area (TPSA) is 111 Å². The minimum absolute atomic E-state index is 0.0305. The van der Waals surface area contributed by atoms with Gasteiger partial charge in [-0.1, -0.05) is 222 Å². The van der Waals surface area contributed by atoms with Gasteiger partial charge in [-0.2, -0.15) is 0 Å². The first-order valence-corrected chi connectivity index (χ1v) is 31.3. The summed E-state index contributed by atoms with van der Waals surface area (Å²) in [6.07, 6.45) is 66.1. The molecule has 0 aliphatic carbocycles. The number of nitrogens with one attached hydrogen (secondary N) is 1. The zero-order valence-electron chi connectivity index (χ0n) is 47.7. The van der Waals surface area contributed by atoms with E-state index in [9.17, 15) is 19.0 Å². The summed E-state index contributed by atoms with van der Waals surface area (Å²) < 4.78 is 30.6.